The number of nitrogens with one attached hydrogen (secondary N) is 1. The second kappa shape index (κ2) is 8.54. The number of hydrogen-bond donors (Lipinski definition) is 1. The third kappa shape index (κ3) is 4.97. The molecule has 0 aliphatic carbocycles. The lowest BCUT2D eigenvalue weighted by atomic mass is 9.99. The lowest BCUT2D eigenvalue weighted by Gasteiger charge is -2.31. The van der Waals surface area contributed by atoms with Gasteiger partial charge in [0.05, 0.1) is 5.75 Å². The largest absolute Gasteiger partial charge is 0.356 e. The fraction of sp³-hybridized carbons (Fsp3) is 0.450. The van der Waals surface area contributed by atoms with E-state index < -0.39 is 0 Å². The first kappa shape index (κ1) is 18.7. The topological polar surface area (TPSA) is 58.1 Å². The van der Waals surface area contributed by atoms with Crippen LogP contribution in [0.25, 0.3) is 0 Å². The Morgan fingerprint density at radius 1 is 1.23 bits per heavy atom. The van der Waals surface area contributed by atoms with Gasteiger partial charge in [0.15, 0.2) is 0 Å². The van der Waals surface area contributed by atoms with Gasteiger partial charge in [0.1, 0.15) is 17.2 Å². The summed E-state index contributed by atoms with van der Waals surface area (Å²) in [7, 11) is 0. The summed E-state index contributed by atoms with van der Waals surface area (Å²) >= 11 is 1.45. The van der Waals surface area contributed by atoms with Gasteiger partial charge in [-0.25, -0.2) is 9.97 Å². The van der Waals surface area contributed by atoms with Crippen LogP contribution in [0.3, 0.4) is 0 Å². The molecule has 3 rings (SSSR count). The van der Waals surface area contributed by atoms with Crippen molar-refractivity contribution in [3.05, 3.63) is 41.7 Å². The summed E-state index contributed by atoms with van der Waals surface area (Å²) in [5, 5.41) is 3.83. The predicted octanol–water partition coefficient (Wildman–Crippen LogP) is 4.06. The highest BCUT2D eigenvalue weighted by atomic mass is 32.2. The van der Waals surface area contributed by atoms with Crippen LogP contribution < -0.4 is 10.2 Å². The van der Waals surface area contributed by atoms with Crippen molar-refractivity contribution in [1.82, 2.24) is 9.97 Å². The van der Waals surface area contributed by atoms with E-state index in [1.807, 2.05) is 38.1 Å². The molecular weight excluding hydrogens is 344 g/mol. The predicted molar refractivity (Wildman–Crippen MR) is 108 cm³/mol. The average molecular weight is 371 g/mol. The maximum atomic E-state index is 12.3. The fourth-order valence-corrected chi connectivity index (χ4v) is 3.68. The Morgan fingerprint density at radius 2 is 2.00 bits per heavy atom. The summed E-state index contributed by atoms with van der Waals surface area (Å²) in [6.45, 7) is 8.39. The number of thioether (sulfide) groups is 1. The summed E-state index contributed by atoms with van der Waals surface area (Å²) in [5.41, 5.74) is 3.08. The number of piperidine rings is 1. The molecule has 0 atom stereocenters. The van der Waals surface area contributed by atoms with Crippen molar-refractivity contribution >= 4 is 29.2 Å². The van der Waals surface area contributed by atoms with Gasteiger partial charge in [0.2, 0.25) is 5.91 Å². The number of aromatic nitrogens is 2. The highest BCUT2D eigenvalue weighted by molar-refractivity contribution is 7.99. The Morgan fingerprint density at radius 3 is 2.77 bits per heavy atom. The molecule has 1 aliphatic heterocycles. The van der Waals surface area contributed by atoms with Gasteiger partial charge in [-0.1, -0.05) is 30.8 Å². The van der Waals surface area contributed by atoms with Crippen molar-refractivity contribution in [2.45, 2.75) is 38.6 Å². The smallest absolute Gasteiger partial charge is 0.234 e. The molecular formula is C20H26N4OS. The maximum absolute atomic E-state index is 12.3. The Hall–Kier alpha value is -2.08. The van der Waals surface area contributed by atoms with Gasteiger partial charge in [0.25, 0.3) is 0 Å². The molecule has 0 radical (unpaired) electrons. The first-order valence-corrected chi connectivity index (χ1v) is 10.1. The first-order chi connectivity index (χ1) is 12.5. The van der Waals surface area contributed by atoms with Crippen LogP contribution in [-0.4, -0.2) is 34.7 Å². The minimum Gasteiger partial charge on any atom is -0.356 e. The van der Waals surface area contributed by atoms with E-state index in [-0.39, 0.29) is 5.91 Å². The van der Waals surface area contributed by atoms with Crippen LogP contribution in [0.2, 0.25) is 0 Å². The molecule has 1 saturated heterocycles. The number of nitrogens with zero attached hydrogens (tertiary/aromatic N) is 3. The van der Waals surface area contributed by atoms with Crippen LogP contribution in [-0.2, 0) is 4.79 Å². The van der Waals surface area contributed by atoms with Crippen molar-refractivity contribution in [3.8, 4) is 0 Å². The van der Waals surface area contributed by atoms with E-state index in [2.05, 4.69) is 27.1 Å². The van der Waals surface area contributed by atoms with Gasteiger partial charge in [-0.2, -0.15) is 0 Å². The molecule has 2 aromatic rings. The Bertz CT molecular complexity index is 772. The Kier molecular flexibility index (Phi) is 6.14. The molecule has 1 amide bonds. The molecule has 26 heavy (non-hydrogen) atoms. The normalized spacial score (nSPS) is 15.1. The average Bonchev–Trinajstić information content (AvgIpc) is 2.64. The summed E-state index contributed by atoms with van der Waals surface area (Å²) in [5.74, 6) is 2.07. The number of carbonyl (C=O) groups is 1. The van der Waals surface area contributed by atoms with Crippen LogP contribution in [0, 0.1) is 19.8 Å². The van der Waals surface area contributed by atoms with E-state index in [4.69, 9.17) is 0 Å². The summed E-state index contributed by atoms with van der Waals surface area (Å²) < 4.78 is 0. The van der Waals surface area contributed by atoms with Crippen molar-refractivity contribution in [2.75, 3.05) is 29.1 Å². The van der Waals surface area contributed by atoms with E-state index in [0.717, 1.165) is 46.7 Å². The minimum absolute atomic E-state index is 0.0179. The number of hydrogen-bond acceptors (Lipinski definition) is 5. The monoisotopic (exact) mass is 370 g/mol. The van der Waals surface area contributed by atoms with Crippen molar-refractivity contribution in [2.24, 2.45) is 5.92 Å². The highest BCUT2D eigenvalue weighted by Crippen LogP contribution is 2.24. The number of amides is 1. The van der Waals surface area contributed by atoms with Gasteiger partial charge in [-0.3, -0.25) is 4.79 Å². The van der Waals surface area contributed by atoms with E-state index in [1.165, 1.54) is 24.6 Å². The molecule has 0 saturated carbocycles. The summed E-state index contributed by atoms with van der Waals surface area (Å²) in [6, 6.07) is 8.06. The number of rotatable bonds is 5. The number of aryl methyl sites for hydroxylation is 2. The van der Waals surface area contributed by atoms with Crippen molar-refractivity contribution in [1.29, 1.82) is 0 Å². The van der Waals surface area contributed by atoms with E-state index >= 15 is 0 Å². The van der Waals surface area contributed by atoms with Crippen LogP contribution in [0.4, 0.5) is 11.5 Å². The number of anilines is 2. The molecule has 1 aromatic heterocycles. The van der Waals surface area contributed by atoms with Crippen molar-refractivity contribution < 1.29 is 4.79 Å². The summed E-state index contributed by atoms with van der Waals surface area (Å²) in [4.78, 5) is 23.3. The maximum Gasteiger partial charge on any atom is 0.234 e. The van der Waals surface area contributed by atoms with Crippen molar-refractivity contribution in [3.63, 3.8) is 0 Å². The number of carbonyl (C=O) groups excluding carboxylic acids is 1. The standard InChI is InChI=1S/C20H26N4OS/c1-14-6-8-24(9-7-14)18-11-20(22-13-21-18)26-12-19(25)23-17-10-15(2)4-5-16(17)3/h4-5,10-11,13-14H,6-9,12H2,1-3H3,(H,23,25). The molecule has 5 nitrogen and oxygen atoms in total. The first-order valence-electron chi connectivity index (χ1n) is 9.08. The van der Waals surface area contributed by atoms with Gasteiger partial charge in [-0.05, 0) is 49.8 Å². The lowest BCUT2D eigenvalue weighted by Crippen LogP contribution is -2.33. The molecule has 0 bridgehead atoms. The molecule has 6 heteroatoms. The van der Waals surface area contributed by atoms with E-state index in [0.29, 0.717) is 5.75 Å². The van der Waals surface area contributed by atoms with Gasteiger partial charge >= 0.3 is 0 Å². The Balaban J connectivity index is 1.56. The molecule has 0 spiro atoms. The van der Waals surface area contributed by atoms with Gasteiger partial charge < -0.3 is 10.2 Å². The minimum atomic E-state index is -0.0179. The Labute approximate surface area is 159 Å². The second-order valence-electron chi connectivity index (χ2n) is 7.04. The van der Waals surface area contributed by atoms with E-state index in [9.17, 15) is 4.79 Å². The van der Waals surface area contributed by atoms with Gasteiger partial charge in [0, 0.05) is 24.8 Å². The zero-order valence-corrected chi connectivity index (χ0v) is 16.5. The molecule has 1 aliphatic rings. The summed E-state index contributed by atoms with van der Waals surface area (Å²) in [6.07, 6.45) is 3.99. The molecule has 0 unspecified atom stereocenters. The number of benzene rings is 1. The molecule has 138 valence electrons. The quantitative estimate of drug-likeness (QED) is 0.635. The zero-order valence-electron chi connectivity index (χ0n) is 15.7. The lowest BCUT2D eigenvalue weighted by molar-refractivity contribution is -0.113. The molecule has 1 fully saturated rings. The third-order valence-electron chi connectivity index (χ3n) is 4.75. The van der Waals surface area contributed by atoms with E-state index in [1.54, 1.807) is 6.33 Å². The van der Waals surface area contributed by atoms with Crippen LogP contribution in [0.1, 0.15) is 30.9 Å². The van der Waals surface area contributed by atoms with Crippen LogP contribution in [0.5, 0.6) is 0 Å². The fourth-order valence-electron chi connectivity index (χ4n) is 3.02. The SMILES string of the molecule is Cc1ccc(C)c(NC(=O)CSc2cc(N3CCC(C)CC3)ncn2)c1. The highest BCUT2D eigenvalue weighted by Gasteiger charge is 2.17. The molecule has 1 N–H and O–H groups in total. The third-order valence-corrected chi connectivity index (χ3v) is 5.68. The molecule has 1 aromatic carbocycles. The van der Waals surface area contributed by atoms with Crippen LogP contribution >= 0.6 is 11.8 Å². The molecule has 2 heterocycles. The van der Waals surface area contributed by atoms with Crippen LogP contribution in [0.15, 0.2) is 35.6 Å². The second-order valence-corrected chi connectivity index (χ2v) is 8.03. The zero-order chi connectivity index (χ0) is 18.5. The van der Waals surface area contributed by atoms with Gasteiger partial charge in [-0.15, -0.1) is 0 Å².